The predicted octanol–water partition coefficient (Wildman–Crippen LogP) is 0.930. The molecule has 3 aliphatic heterocycles. The second-order valence-electron chi connectivity index (χ2n) is 9.07. The van der Waals surface area contributed by atoms with Crippen LogP contribution in [0, 0.1) is 11.8 Å². The lowest BCUT2D eigenvalue weighted by Crippen LogP contribution is -2.56. The maximum atomic E-state index is 13.8. The molecule has 3 saturated heterocycles. The van der Waals surface area contributed by atoms with Gasteiger partial charge in [0.15, 0.2) is 0 Å². The van der Waals surface area contributed by atoms with Gasteiger partial charge in [0, 0.05) is 5.25 Å². The third-order valence-corrected chi connectivity index (χ3v) is 9.40. The molecule has 3 aliphatic rings. The summed E-state index contributed by atoms with van der Waals surface area (Å²) in [4.78, 5) is 41.9. The molecule has 2 unspecified atom stereocenters. The van der Waals surface area contributed by atoms with E-state index in [1.165, 1.54) is 0 Å². The molecule has 2 N–H and O–H groups in total. The van der Waals surface area contributed by atoms with Gasteiger partial charge < -0.3 is 20.1 Å². The fraction of sp³-hybridized carbons (Fsp3) is 0.609. The largest absolute Gasteiger partial charge is 0.466 e. The Morgan fingerprint density at radius 2 is 2.15 bits per heavy atom. The first-order chi connectivity index (χ1) is 16.5. The Morgan fingerprint density at radius 1 is 1.35 bits per heavy atom. The second kappa shape index (κ2) is 8.84. The number of hydrogen-bond donors (Lipinski definition) is 2. The number of nitrogens with one attached hydrogen (secondary N) is 1. The third-order valence-electron chi connectivity index (χ3n) is 7.44. The van der Waals surface area contributed by atoms with Crippen molar-refractivity contribution in [2.24, 2.45) is 11.8 Å². The van der Waals surface area contributed by atoms with E-state index in [0.29, 0.717) is 12.8 Å². The molecule has 3 fully saturated rings. The molecule has 2 amide bonds. The van der Waals surface area contributed by atoms with Crippen LogP contribution in [-0.4, -0.2) is 78.1 Å². The molecule has 182 valence electrons. The molecular formula is C23H29N5O5S. The van der Waals surface area contributed by atoms with Gasteiger partial charge in [0.2, 0.25) is 11.8 Å². The minimum absolute atomic E-state index is 0.0427. The summed E-state index contributed by atoms with van der Waals surface area (Å²) in [6, 6.07) is 6.18. The zero-order valence-electron chi connectivity index (χ0n) is 19.2. The van der Waals surface area contributed by atoms with Crippen LogP contribution in [0.4, 0.5) is 0 Å². The van der Waals surface area contributed by atoms with Crippen molar-refractivity contribution in [3.63, 3.8) is 0 Å². The molecular weight excluding hydrogens is 458 g/mol. The molecule has 0 saturated carbocycles. The highest BCUT2D eigenvalue weighted by atomic mass is 32.2. The van der Waals surface area contributed by atoms with Gasteiger partial charge in [-0.2, -0.15) is 0 Å². The average molecular weight is 488 g/mol. The molecule has 11 heteroatoms. The summed E-state index contributed by atoms with van der Waals surface area (Å²) in [7, 11) is 0. The molecule has 2 aromatic rings. The zero-order valence-corrected chi connectivity index (χ0v) is 20.0. The highest BCUT2D eigenvalue weighted by molar-refractivity contribution is 8.02. The minimum Gasteiger partial charge on any atom is -0.466 e. The Labute approximate surface area is 201 Å². The number of benzene rings is 1. The van der Waals surface area contributed by atoms with E-state index in [-0.39, 0.29) is 42.9 Å². The first kappa shape index (κ1) is 23.1. The molecule has 0 aliphatic carbocycles. The summed E-state index contributed by atoms with van der Waals surface area (Å²) in [5.41, 5.74) is 1.51. The Bertz CT molecular complexity index is 1120. The Hall–Kier alpha value is -2.66. The van der Waals surface area contributed by atoms with Crippen molar-refractivity contribution in [1.82, 2.24) is 25.2 Å². The number of ether oxygens (including phenoxy) is 1. The van der Waals surface area contributed by atoms with Crippen molar-refractivity contribution in [1.29, 1.82) is 0 Å². The fourth-order valence-electron chi connectivity index (χ4n) is 5.99. The van der Waals surface area contributed by atoms with Gasteiger partial charge in [0.1, 0.15) is 18.2 Å². The van der Waals surface area contributed by atoms with E-state index in [2.05, 4.69) is 15.6 Å². The van der Waals surface area contributed by atoms with Crippen LogP contribution < -0.4 is 5.32 Å². The maximum absolute atomic E-state index is 13.8. The van der Waals surface area contributed by atoms with Crippen molar-refractivity contribution in [3.8, 4) is 0 Å². The van der Waals surface area contributed by atoms with Crippen molar-refractivity contribution in [2.45, 2.75) is 61.9 Å². The van der Waals surface area contributed by atoms with Crippen LogP contribution in [-0.2, 0) is 25.8 Å². The first-order valence-corrected chi connectivity index (χ1v) is 12.7. The number of aliphatic hydroxyl groups excluding tert-OH is 1. The number of hydrogen-bond acceptors (Lipinski definition) is 8. The SMILES string of the molecule is CCOC(=O)[C@@H]1[C@H]2C(=O)N([C@@H](CC)CO)C(C(=O)NCn3nnc4ccccc43)C23CC[C@H]1S3. The van der Waals surface area contributed by atoms with Crippen LogP contribution in [0.3, 0.4) is 0 Å². The van der Waals surface area contributed by atoms with Gasteiger partial charge in [-0.15, -0.1) is 16.9 Å². The number of rotatable bonds is 8. The highest BCUT2D eigenvalue weighted by Crippen LogP contribution is 2.66. The predicted molar refractivity (Wildman–Crippen MR) is 124 cm³/mol. The summed E-state index contributed by atoms with van der Waals surface area (Å²) in [5, 5.41) is 21.2. The average Bonchev–Trinajstić information content (AvgIpc) is 3.58. The number of aliphatic hydroxyl groups is 1. The lowest BCUT2D eigenvalue weighted by atomic mass is 9.71. The van der Waals surface area contributed by atoms with E-state index in [1.54, 1.807) is 28.3 Å². The van der Waals surface area contributed by atoms with Gasteiger partial charge in [-0.25, -0.2) is 4.68 Å². The van der Waals surface area contributed by atoms with Gasteiger partial charge >= 0.3 is 5.97 Å². The number of esters is 1. The van der Waals surface area contributed by atoms with Crippen LogP contribution >= 0.6 is 11.8 Å². The number of nitrogens with zero attached hydrogens (tertiary/aromatic N) is 4. The Morgan fingerprint density at radius 3 is 2.88 bits per heavy atom. The molecule has 1 aromatic carbocycles. The number of thioether (sulfide) groups is 1. The van der Waals surface area contributed by atoms with E-state index in [9.17, 15) is 19.5 Å². The van der Waals surface area contributed by atoms with E-state index >= 15 is 0 Å². The lowest BCUT2D eigenvalue weighted by Gasteiger charge is -2.36. The second-order valence-corrected chi connectivity index (χ2v) is 10.7. The minimum atomic E-state index is -0.786. The number of amides is 2. The van der Waals surface area contributed by atoms with Gasteiger partial charge in [-0.3, -0.25) is 14.4 Å². The number of carbonyl (C=O) groups is 3. The van der Waals surface area contributed by atoms with Crippen LogP contribution in [0.5, 0.6) is 0 Å². The summed E-state index contributed by atoms with van der Waals surface area (Å²) in [5.74, 6) is -2.10. The van der Waals surface area contributed by atoms with Gasteiger partial charge in [0.05, 0.1) is 41.4 Å². The molecule has 2 bridgehead atoms. The molecule has 0 radical (unpaired) electrons. The summed E-state index contributed by atoms with van der Waals surface area (Å²) >= 11 is 1.58. The first-order valence-electron chi connectivity index (χ1n) is 11.8. The maximum Gasteiger partial charge on any atom is 0.310 e. The molecule has 4 heterocycles. The summed E-state index contributed by atoms with van der Waals surface area (Å²) in [6.07, 6.45) is 1.91. The summed E-state index contributed by atoms with van der Waals surface area (Å²) in [6.45, 7) is 3.72. The number of likely N-dealkylation sites (tertiary alicyclic amines) is 1. The quantitative estimate of drug-likeness (QED) is 0.527. The van der Waals surface area contributed by atoms with Crippen molar-refractivity contribution in [2.75, 3.05) is 13.2 Å². The van der Waals surface area contributed by atoms with E-state index in [0.717, 1.165) is 17.5 Å². The topological polar surface area (TPSA) is 127 Å². The highest BCUT2D eigenvalue weighted by Gasteiger charge is 2.74. The molecule has 10 nitrogen and oxygen atoms in total. The number of carbonyl (C=O) groups excluding carboxylic acids is 3. The Balaban J connectivity index is 1.46. The van der Waals surface area contributed by atoms with Crippen LogP contribution in [0.2, 0.25) is 0 Å². The lowest BCUT2D eigenvalue weighted by molar-refractivity contribution is -0.154. The monoisotopic (exact) mass is 487 g/mol. The number of fused-ring (bicyclic) bond motifs is 2. The summed E-state index contributed by atoms with van der Waals surface area (Å²) < 4.78 is 6.21. The van der Waals surface area contributed by atoms with Crippen molar-refractivity contribution < 1.29 is 24.2 Å². The van der Waals surface area contributed by atoms with Crippen LogP contribution in [0.25, 0.3) is 11.0 Å². The third kappa shape index (κ3) is 3.31. The van der Waals surface area contributed by atoms with E-state index < -0.39 is 28.7 Å². The van der Waals surface area contributed by atoms with Crippen LogP contribution in [0.1, 0.15) is 33.1 Å². The normalized spacial score (nSPS) is 30.6. The van der Waals surface area contributed by atoms with Gasteiger partial charge in [-0.1, -0.05) is 24.3 Å². The standard InChI is InChI=1S/C23H29N5O5S/c1-3-13(11-29)28-19(20(30)24-12-27-15-8-6-5-7-14(15)25-26-27)23-10-9-16(34-23)17(18(23)21(28)31)22(32)33-4-2/h5-8,13,16-19,29H,3-4,9-12H2,1-2H3,(H,24,30)/t13-,16+,17-,18-,19?,23?/m0/s1. The van der Waals surface area contributed by atoms with Crippen molar-refractivity contribution in [3.05, 3.63) is 24.3 Å². The Kier molecular flexibility index (Phi) is 6.01. The zero-order chi connectivity index (χ0) is 24.0. The smallest absolute Gasteiger partial charge is 0.310 e. The van der Waals surface area contributed by atoms with Crippen molar-refractivity contribution >= 4 is 40.6 Å². The van der Waals surface area contributed by atoms with Crippen LogP contribution in [0.15, 0.2) is 24.3 Å². The molecule has 6 atom stereocenters. The fourth-order valence-corrected chi connectivity index (χ4v) is 8.18. The van der Waals surface area contributed by atoms with Gasteiger partial charge in [-0.05, 0) is 38.3 Å². The molecule has 34 heavy (non-hydrogen) atoms. The molecule has 1 spiro atoms. The number of aromatic nitrogens is 3. The van der Waals surface area contributed by atoms with Gasteiger partial charge in [0.25, 0.3) is 0 Å². The molecule has 5 rings (SSSR count). The number of para-hydroxylation sites is 1. The molecule has 1 aromatic heterocycles. The van der Waals surface area contributed by atoms with E-state index in [1.807, 2.05) is 31.2 Å². The van der Waals surface area contributed by atoms with E-state index in [4.69, 9.17) is 4.74 Å².